The summed E-state index contributed by atoms with van der Waals surface area (Å²) in [6.45, 7) is 0. The average molecular weight is 170 g/mol. The monoisotopic (exact) mass is 170 g/mol. The van der Waals surface area contributed by atoms with Gasteiger partial charge in [-0.2, -0.15) is 10.4 Å². The number of aromatic nitrogens is 3. The topological polar surface area (TPSA) is 54.5 Å². The van der Waals surface area contributed by atoms with Gasteiger partial charge in [0.05, 0.1) is 5.69 Å². The van der Waals surface area contributed by atoms with Crippen LogP contribution in [0.2, 0.25) is 0 Å². The smallest absolute Gasteiger partial charge is 0.142 e. The fourth-order valence-electron chi connectivity index (χ4n) is 1.04. The molecule has 13 heavy (non-hydrogen) atoms. The zero-order valence-electron chi connectivity index (χ0n) is 6.75. The van der Waals surface area contributed by atoms with Crippen molar-refractivity contribution in [1.29, 1.82) is 5.26 Å². The van der Waals surface area contributed by atoms with Gasteiger partial charge in [-0.3, -0.25) is 0 Å². The number of nitrogens with zero attached hydrogens (tertiary/aromatic N) is 4. The molecule has 0 aromatic carbocycles. The van der Waals surface area contributed by atoms with Crippen molar-refractivity contribution in [2.45, 2.75) is 0 Å². The van der Waals surface area contributed by atoms with Crippen molar-refractivity contribution >= 4 is 0 Å². The van der Waals surface area contributed by atoms with Gasteiger partial charge in [0.1, 0.15) is 11.8 Å². The van der Waals surface area contributed by atoms with E-state index in [1.54, 1.807) is 29.2 Å². The second kappa shape index (κ2) is 3.07. The summed E-state index contributed by atoms with van der Waals surface area (Å²) in [4.78, 5) is 3.87. The van der Waals surface area contributed by atoms with Crippen molar-refractivity contribution in [3.63, 3.8) is 0 Å². The molecule has 2 aromatic rings. The molecule has 0 amide bonds. The van der Waals surface area contributed by atoms with Gasteiger partial charge in [0.25, 0.3) is 0 Å². The molecule has 2 aromatic heterocycles. The van der Waals surface area contributed by atoms with Crippen LogP contribution < -0.4 is 0 Å². The predicted molar refractivity (Wildman–Crippen MR) is 46.1 cm³/mol. The Hall–Kier alpha value is -2.15. The Morgan fingerprint density at radius 1 is 1.38 bits per heavy atom. The number of pyridine rings is 1. The van der Waals surface area contributed by atoms with Crippen LogP contribution in [0.25, 0.3) is 5.69 Å². The Kier molecular flexibility index (Phi) is 1.77. The van der Waals surface area contributed by atoms with Gasteiger partial charge in [0.2, 0.25) is 0 Å². The van der Waals surface area contributed by atoms with E-state index in [4.69, 9.17) is 5.26 Å². The van der Waals surface area contributed by atoms with Gasteiger partial charge in [0.15, 0.2) is 0 Å². The minimum absolute atomic E-state index is 0.396. The Balaban J connectivity index is 2.49. The summed E-state index contributed by atoms with van der Waals surface area (Å²) in [5, 5.41) is 12.7. The normalized spacial score (nSPS) is 9.46. The molecule has 0 saturated heterocycles. The second-order valence-electron chi connectivity index (χ2n) is 2.46. The Morgan fingerprint density at radius 3 is 3.00 bits per heavy atom. The molecular weight excluding hydrogens is 164 g/mol. The minimum Gasteiger partial charge on any atom is -0.245 e. The third-order valence-corrected chi connectivity index (χ3v) is 1.63. The lowest BCUT2D eigenvalue weighted by Gasteiger charge is -1.99. The van der Waals surface area contributed by atoms with Crippen LogP contribution in [-0.2, 0) is 0 Å². The molecule has 0 N–H and O–H groups in total. The van der Waals surface area contributed by atoms with Gasteiger partial charge in [-0.1, -0.05) is 0 Å². The van der Waals surface area contributed by atoms with E-state index in [0.717, 1.165) is 5.69 Å². The van der Waals surface area contributed by atoms with E-state index in [-0.39, 0.29) is 0 Å². The molecule has 0 radical (unpaired) electrons. The molecule has 2 heterocycles. The van der Waals surface area contributed by atoms with E-state index >= 15 is 0 Å². The summed E-state index contributed by atoms with van der Waals surface area (Å²) >= 11 is 0. The molecule has 0 aliphatic rings. The van der Waals surface area contributed by atoms with Crippen LogP contribution >= 0.6 is 0 Å². The minimum atomic E-state index is 0.396. The van der Waals surface area contributed by atoms with E-state index in [0.29, 0.717) is 5.69 Å². The van der Waals surface area contributed by atoms with Crippen molar-refractivity contribution in [2.75, 3.05) is 0 Å². The standard InChI is InChI=1S/C9H6N4/c10-7-8-6-9(2-4-11-8)13-5-1-3-12-13/h1-6H. The number of nitriles is 1. The first kappa shape index (κ1) is 7.50. The summed E-state index contributed by atoms with van der Waals surface area (Å²) in [6.07, 6.45) is 5.10. The lowest BCUT2D eigenvalue weighted by Crippen LogP contribution is -1.95. The Labute approximate surface area is 75.1 Å². The summed E-state index contributed by atoms with van der Waals surface area (Å²) in [6, 6.07) is 7.29. The molecule has 0 spiro atoms. The molecule has 0 fully saturated rings. The van der Waals surface area contributed by atoms with Crippen molar-refractivity contribution in [2.24, 2.45) is 0 Å². The third-order valence-electron chi connectivity index (χ3n) is 1.63. The number of hydrogen-bond acceptors (Lipinski definition) is 3. The molecule has 62 valence electrons. The first-order valence-electron chi connectivity index (χ1n) is 3.76. The van der Waals surface area contributed by atoms with Crippen molar-refractivity contribution in [3.8, 4) is 11.8 Å². The van der Waals surface area contributed by atoms with Gasteiger partial charge in [-0.25, -0.2) is 9.67 Å². The van der Waals surface area contributed by atoms with E-state index in [1.165, 1.54) is 0 Å². The van der Waals surface area contributed by atoms with Crippen LogP contribution in [0.5, 0.6) is 0 Å². The van der Waals surface area contributed by atoms with E-state index in [2.05, 4.69) is 10.1 Å². The van der Waals surface area contributed by atoms with Crippen molar-refractivity contribution in [3.05, 3.63) is 42.5 Å². The van der Waals surface area contributed by atoms with Gasteiger partial charge >= 0.3 is 0 Å². The zero-order chi connectivity index (χ0) is 9.10. The lowest BCUT2D eigenvalue weighted by molar-refractivity contribution is 0.876. The molecule has 0 saturated carbocycles. The van der Waals surface area contributed by atoms with Crippen LogP contribution in [0.4, 0.5) is 0 Å². The average Bonchev–Trinajstić information content (AvgIpc) is 2.71. The maximum Gasteiger partial charge on any atom is 0.142 e. The fourth-order valence-corrected chi connectivity index (χ4v) is 1.04. The molecule has 2 rings (SSSR count). The van der Waals surface area contributed by atoms with Crippen LogP contribution in [-0.4, -0.2) is 14.8 Å². The summed E-state index contributed by atoms with van der Waals surface area (Å²) in [5.41, 5.74) is 1.24. The molecule has 0 bridgehead atoms. The lowest BCUT2D eigenvalue weighted by atomic mass is 10.3. The van der Waals surface area contributed by atoms with Crippen LogP contribution in [0.3, 0.4) is 0 Å². The molecule has 4 nitrogen and oxygen atoms in total. The maximum absolute atomic E-state index is 8.62. The highest BCUT2D eigenvalue weighted by Gasteiger charge is 1.97. The number of rotatable bonds is 1. The molecule has 0 unspecified atom stereocenters. The SMILES string of the molecule is N#Cc1cc(-n2cccn2)ccn1. The Bertz CT molecular complexity index is 439. The highest BCUT2D eigenvalue weighted by Crippen LogP contribution is 2.05. The molecular formula is C9H6N4. The van der Waals surface area contributed by atoms with Gasteiger partial charge < -0.3 is 0 Å². The van der Waals surface area contributed by atoms with E-state index < -0.39 is 0 Å². The summed E-state index contributed by atoms with van der Waals surface area (Å²) in [7, 11) is 0. The number of hydrogen-bond donors (Lipinski definition) is 0. The second-order valence-corrected chi connectivity index (χ2v) is 2.46. The molecule has 0 atom stereocenters. The zero-order valence-corrected chi connectivity index (χ0v) is 6.75. The maximum atomic E-state index is 8.62. The van der Waals surface area contributed by atoms with Gasteiger partial charge in [0, 0.05) is 24.7 Å². The van der Waals surface area contributed by atoms with E-state index in [1.807, 2.05) is 18.3 Å². The van der Waals surface area contributed by atoms with Gasteiger partial charge in [-0.05, 0) is 12.1 Å². The quantitative estimate of drug-likeness (QED) is 0.644. The van der Waals surface area contributed by atoms with Crippen LogP contribution in [0, 0.1) is 11.3 Å². The predicted octanol–water partition coefficient (Wildman–Crippen LogP) is 1.14. The highest BCUT2D eigenvalue weighted by atomic mass is 15.3. The van der Waals surface area contributed by atoms with Crippen molar-refractivity contribution in [1.82, 2.24) is 14.8 Å². The largest absolute Gasteiger partial charge is 0.245 e. The summed E-state index contributed by atoms with van der Waals surface area (Å²) < 4.78 is 1.68. The Morgan fingerprint density at radius 2 is 2.31 bits per heavy atom. The third kappa shape index (κ3) is 1.40. The fraction of sp³-hybridized carbons (Fsp3) is 0. The summed E-state index contributed by atoms with van der Waals surface area (Å²) in [5.74, 6) is 0. The first-order valence-corrected chi connectivity index (χ1v) is 3.76. The van der Waals surface area contributed by atoms with Crippen molar-refractivity contribution < 1.29 is 0 Å². The first-order chi connectivity index (χ1) is 6.40. The highest BCUT2D eigenvalue weighted by molar-refractivity contribution is 5.35. The molecule has 4 heteroatoms. The van der Waals surface area contributed by atoms with Crippen LogP contribution in [0.1, 0.15) is 5.69 Å². The van der Waals surface area contributed by atoms with E-state index in [9.17, 15) is 0 Å². The molecule has 0 aliphatic carbocycles. The molecule has 0 aliphatic heterocycles. The van der Waals surface area contributed by atoms with Crippen LogP contribution in [0.15, 0.2) is 36.8 Å². The van der Waals surface area contributed by atoms with Gasteiger partial charge in [-0.15, -0.1) is 0 Å².